The van der Waals surface area contributed by atoms with Crippen molar-refractivity contribution in [2.75, 3.05) is 29.9 Å². The van der Waals surface area contributed by atoms with Crippen molar-refractivity contribution >= 4 is 51.2 Å². The maximum absolute atomic E-state index is 12.4. The van der Waals surface area contributed by atoms with Crippen LogP contribution in [0, 0.1) is 5.92 Å². The third-order valence-electron chi connectivity index (χ3n) is 5.63. The quantitative estimate of drug-likeness (QED) is 0.389. The van der Waals surface area contributed by atoms with Gasteiger partial charge in [0, 0.05) is 25.8 Å². The summed E-state index contributed by atoms with van der Waals surface area (Å²) < 4.78 is 5.59. The number of anilines is 2. The maximum atomic E-state index is 12.4. The summed E-state index contributed by atoms with van der Waals surface area (Å²) >= 11 is 9.36. The first kappa shape index (κ1) is 24.0. The maximum Gasteiger partial charge on any atom is 0.414 e. The molecule has 0 aliphatic carbocycles. The SMILES string of the molecule is O=C(NCCC1CCN(c2ccccn2)CC1)Oc1n[nH]c(NC(=O)c2ccccc2Cl)c1Br. The van der Waals surface area contributed by atoms with E-state index in [-0.39, 0.29) is 11.7 Å². The topological polar surface area (TPSA) is 112 Å². The number of ether oxygens (including phenoxy) is 1. The van der Waals surface area contributed by atoms with E-state index in [0.29, 0.717) is 27.5 Å². The molecule has 3 aromatic rings. The summed E-state index contributed by atoms with van der Waals surface area (Å²) in [6, 6.07) is 12.6. The highest BCUT2D eigenvalue weighted by atomic mass is 79.9. The zero-order valence-corrected chi connectivity index (χ0v) is 20.6. The van der Waals surface area contributed by atoms with E-state index in [0.717, 1.165) is 38.2 Å². The van der Waals surface area contributed by atoms with E-state index in [1.165, 1.54) is 0 Å². The van der Waals surface area contributed by atoms with Crippen LogP contribution in [0.2, 0.25) is 5.02 Å². The van der Waals surface area contributed by atoms with Crippen molar-refractivity contribution < 1.29 is 14.3 Å². The number of pyridine rings is 1. The Kier molecular flexibility index (Phi) is 8.02. The molecule has 4 rings (SSSR count). The lowest BCUT2D eigenvalue weighted by Crippen LogP contribution is -2.36. The molecule has 0 unspecified atom stereocenters. The molecule has 2 aromatic heterocycles. The minimum atomic E-state index is -0.609. The molecular weight excluding hydrogens is 524 g/mol. The number of nitrogens with one attached hydrogen (secondary N) is 3. The van der Waals surface area contributed by atoms with Gasteiger partial charge >= 0.3 is 6.09 Å². The van der Waals surface area contributed by atoms with Gasteiger partial charge in [-0.15, -0.1) is 5.10 Å². The number of hydrogen-bond donors (Lipinski definition) is 3. The van der Waals surface area contributed by atoms with Crippen LogP contribution >= 0.6 is 27.5 Å². The molecular formula is C23H24BrClN6O3. The van der Waals surface area contributed by atoms with E-state index < -0.39 is 12.0 Å². The van der Waals surface area contributed by atoms with Gasteiger partial charge in [-0.2, -0.15) is 0 Å². The molecule has 3 heterocycles. The number of piperidine rings is 1. The minimum absolute atomic E-state index is 0.0237. The Balaban J connectivity index is 1.20. The van der Waals surface area contributed by atoms with Gasteiger partial charge < -0.3 is 20.3 Å². The lowest BCUT2D eigenvalue weighted by molar-refractivity contribution is 0.102. The van der Waals surface area contributed by atoms with Crippen LogP contribution in [0.25, 0.3) is 0 Å². The van der Waals surface area contributed by atoms with Gasteiger partial charge in [-0.25, -0.2) is 9.78 Å². The average Bonchev–Trinajstić information content (AvgIpc) is 3.19. The number of rotatable bonds is 7. The molecule has 11 heteroatoms. The van der Waals surface area contributed by atoms with Gasteiger partial charge in [0.1, 0.15) is 16.1 Å². The van der Waals surface area contributed by atoms with Gasteiger partial charge in [0.05, 0.1) is 10.6 Å². The molecule has 34 heavy (non-hydrogen) atoms. The summed E-state index contributed by atoms with van der Waals surface area (Å²) in [6.07, 6.45) is 4.16. The fraction of sp³-hybridized carbons (Fsp3) is 0.304. The predicted molar refractivity (Wildman–Crippen MR) is 134 cm³/mol. The Morgan fingerprint density at radius 1 is 1.18 bits per heavy atom. The summed E-state index contributed by atoms with van der Waals surface area (Å²) in [7, 11) is 0. The Morgan fingerprint density at radius 3 is 2.68 bits per heavy atom. The molecule has 0 bridgehead atoms. The van der Waals surface area contributed by atoms with Gasteiger partial charge in [-0.3, -0.25) is 9.89 Å². The fourth-order valence-corrected chi connectivity index (χ4v) is 4.36. The summed E-state index contributed by atoms with van der Waals surface area (Å²) in [5, 5.41) is 12.3. The molecule has 0 radical (unpaired) electrons. The largest absolute Gasteiger partial charge is 0.414 e. The normalized spacial score (nSPS) is 14.0. The molecule has 9 nitrogen and oxygen atoms in total. The monoisotopic (exact) mass is 546 g/mol. The average molecular weight is 548 g/mol. The molecule has 0 atom stereocenters. The molecule has 2 amide bonds. The predicted octanol–water partition coefficient (Wildman–Crippen LogP) is 4.87. The summed E-state index contributed by atoms with van der Waals surface area (Å²) in [6.45, 7) is 2.41. The van der Waals surface area contributed by atoms with Crippen molar-refractivity contribution in [1.82, 2.24) is 20.5 Å². The van der Waals surface area contributed by atoms with Gasteiger partial charge in [0.25, 0.3) is 11.8 Å². The van der Waals surface area contributed by atoms with Crippen LogP contribution in [-0.4, -0.2) is 46.8 Å². The molecule has 1 aliphatic heterocycles. The smallest absolute Gasteiger partial charge is 0.388 e. The van der Waals surface area contributed by atoms with Crippen LogP contribution in [0.3, 0.4) is 0 Å². The Labute approximate surface area is 210 Å². The zero-order valence-electron chi connectivity index (χ0n) is 18.3. The van der Waals surface area contributed by atoms with Gasteiger partial charge in [0.15, 0.2) is 0 Å². The number of benzene rings is 1. The second kappa shape index (κ2) is 11.3. The second-order valence-corrected chi connectivity index (χ2v) is 9.08. The molecule has 1 aromatic carbocycles. The number of nitrogens with zero attached hydrogens (tertiary/aromatic N) is 3. The highest BCUT2D eigenvalue weighted by Gasteiger charge is 2.21. The first-order valence-electron chi connectivity index (χ1n) is 10.9. The fourth-order valence-electron chi connectivity index (χ4n) is 3.78. The van der Waals surface area contributed by atoms with Crippen molar-refractivity contribution in [2.45, 2.75) is 19.3 Å². The van der Waals surface area contributed by atoms with Crippen molar-refractivity contribution in [2.24, 2.45) is 5.92 Å². The van der Waals surface area contributed by atoms with E-state index in [1.807, 2.05) is 24.4 Å². The molecule has 1 aliphatic rings. The van der Waals surface area contributed by atoms with Crippen molar-refractivity contribution in [3.8, 4) is 5.88 Å². The van der Waals surface area contributed by atoms with E-state index in [4.69, 9.17) is 16.3 Å². The number of H-pyrrole nitrogens is 1. The third-order valence-corrected chi connectivity index (χ3v) is 6.70. The number of amides is 2. The van der Waals surface area contributed by atoms with E-state index >= 15 is 0 Å². The highest BCUT2D eigenvalue weighted by molar-refractivity contribution is 9.10. The van der Waals surface area contributed by atoms with Crippen molar-refractivity contribution in [3.63, 3.8) is 0 Å². The zero-order chi connectivity index (χ0) is 23.9. The Morgan fingerprint density at radius 2 is 1.94 bits per heavy atom. The molecule has 1 fully saturated rings. The summed E-state index contributed by atoms with van der Waals surface area (Å²) in [4.78, 5) is 31.3. The Hall–Kier alpha value is -3.11. The molecule has 0 saturated carbocycles. The molecule has 1 saturated heterocycles. The number of carbonyl (C=O) groups is 2. The second-order valence-electron chi connectivity index (χ2n) is 7.88. The van der Waals surface area contributed by atoms with Gasteiger partial charge in [-0.05, 0) is 65.4 Å². The summed E-state index contributed by atoms with van der Waals surface area (Å²) in [5.74, 6) is 1.40. The molecule has 0 spiro atoms. The van der Waals surface area contributed by atoms with Crippen LogP contribution in [0.5, 0.6) is 5.88 Å². The molecule has 3 N–H and O–H groups in total. The van der Waals surface area contributed by atoms with Crippen molar-refractivity contribution in [1.29, 1.82) is 0 Å². The molecule has 178 valence electrons. The number of halogens is 2. The van der Waals surface area contributed by atoms with Crippen LogP contribution in [-0.2, 0) is 0 Å². The van der Waals surface area contributed by atoms with E-state index in [1.54, 1.807) is 24.3 Å². The lowest BCUT2D eigenvalue weighted by Gasteiger charge is -2.32. The van der Waals surface area contributed by atoms with Crippen LogP contribution in [0.4, 0.5) is 16.4 Å². The standard InChI is InChI=1S/C23H24BrClN6O3/c24-19-20(28-21(32)16-5-1-2-6-17(16)25)29-30-22(19)34-23(33)27-12-8-15-9-13-31(14-10-15)18-7-3-4-11-26-18/h1-7,11,15H,8-10,12-14H2,(H,27,33)(H2,28,29,30,32). The number of carbonyl (C=O) groups excluding carboxylic acids is 2. The first-order valence-corrected chi connectivity index (χ1v) is 12.1. The van der Waals surface area contributed by atoms with E-state index in [2.05, 4.69) is 46.6 Å². The van der Waals surface area contributed by atoms with Crippen molar-refractivity contribution in [3.05, 3.63) is 63.7 Å². The highest BCUT2D eigenvalue weighted by Crippen LogP contribution is 2.30. The number of aromatic amines is 1. The number of hydrogen-bond acceptors (Lipinski definition) is 6. The number of aromatic nitrogens is 3. The van der Waals surface area contributed by atoms with Crippen LogP contribution in [0.15, 0.2) is 53.1 Å². The first-order chi connectivity index (χ1) is 16.5. The van der Waals surface area contributed by atoms with Gasteiger partial charge in [0.2, 0.25) is 0 Å². The van der Waals surface area contributed by atoms with Crippen LogP contribution in [0.1, 0.15) is 29.6 Å². The van der Waals surface area contributed by atoms with Gasteiger partial charge in [-0.1, -0.05) is 29.8 Å². The van der Waals surface area contributed by atoms with E-state index in [9.17, 15) is 9.59 Å². The minimum Gasteiger partial charge on any atom is -0.388 e. The third kappa shape index (κ3) is 6.06. The van der Waals surface area contributed by atoms with Crippen LogP contribution < -0.4 is 20.3 Å². The Bertz CT molecular complexity index is 1130. The lowest BCUT2D eigenvalue weighted by atomic mass is 9.93. The summed E-state index contributed by atoms with van der Waals surface area (Å²) in [5.41, 5.74) is 0.316.